The summed E-state index contributed by atoms with van der Waals surface area (Å²) in [5.74, 6) is 1.64. The predicted octanol–water partition coefficient (Wildman–Crippen LogP) is 7.44. The second-order valence-corrected chi connectivity index (χ2v) is 10.4. The van der Waals surface area contributed by atoms with E-state index in [4.69, 9.17) is 20.4 Å². The maximum absolute atomic E-state index is 10.1. The minimum Gasteiger partial charge on any atom is -0.753 e. The van der Waals surface area contributed by atoms with E-state index in [2.05, 4.69) is 65.3 Å². The van der Waals surface area contributed by atoms with Gasteiger partial charge in [0.1, 0.15) is 11.6 Å². The van der Waals surface area contributed by atoms with E-state index in [-0.39, 0.29) is 19.5 Å². The number of hydrogen-bond donors (Lipinski definition) is 1. The van der Waals surface area contributed by atoms with Gasteiger partial charge in [0.05, 0.1) is 53.1 Å². The van der Waals surface area contributed by atoms with Crippen molar-refractivity contribution in [3.8, 4) is 33.9 Å². The second kappa shape index (κ2) is 22.3. The van der Waals surface area contributed by atoms with E-state index in [1.54, 1.807) is 56.2 Å². The molecule has 0 saturated heterocycles. The third-order valence-corrected chi connectivity index (χ3v) is 7.05. The Kier molecular flexibility index (Phi) is 17.3. The fourth-order valence-electron chi connectivity index (χ4n) is 4.91. The number of nitriles is 1. The molecule has 0 fully saturated rings. The Morgan fingerprint density at radius 3 is 1.78 bits per heavy atom. The Labute approximate surface area is 332 Å². The monoisotopic (exact) mass is 840 g/mol. The number of hydrogen-bond acceptors (Lipinski definition) is 13. The summed E-state index contributed by atoms with van der Waals surface area (Å²) in [4.78, 5) is 46.1. The van der Waals surface area contributed by atoms with Crippen molar-refractivity contribution in [3.63, 3.8) is 0 Å². The molecular weight excluding hydrogens is 814 g/mol. The van der Waals surface area contributed by atoms with Crippen LogP contribution < -0.4 is 4.74 Å². The molecule has 268 valence electrons. The number of nitrogens with one attached hydrogen (secondary N) is 1. The first kappa shape index (κ1) is 41.8. The number of thiocarbonyl (C=S) groups is 1. The molecule has 5 heterocycles. The Bertz CT molecular complexity index is 2330. The number of methoxy groups -OCH3 is 1. The molecule has 0 aliphatic heterocycles. The second-order valence-electron chi connectivity index (χ2n) is 10.0. The predicted molar refractivity (Wildman–Crippen MR) is 207 cm³/mol. The van der Waals surface area contributed by atoms with Crippen LogP contribution >= 0.6 is 12.2 Å². The molecule has 0 atom stereocenters. The number of carbonyl (C=O) groups is 2. The number of benzene rings is 2. The average Bonchev–Trinajstić information content (AvgIpc) is 3.66. The smallest absolute Gasteiger partial charge is 0.753 e. The number of aromatic nitrogens is 6. The van der Waals surface area contributed by atoms with Gasteiger partial charge in [0, 0.05) is 41.1 Å². The third-order valence-electron chi connectivity index (χ3n) is 7.05. The number of fused-ring (bicyclic) bond motifs is 6. The van der Waals surface area contributed by atoms with Crippen LogP contribution in [0.5, 0.6) is 5.75 Å². The van der Waals surface area contributed by atoms with Crippen molar-refractivity contribution in [3.05, 3.63) is 127 Å². The van der Waals surface area contributed by atoms with Crippen LogP contribution in [0.3, 0.4) is 0 Å². The molecule has 1 N–H and O–H groups in total. The van der Waals surface area contributed by atoms with Crippen LogP contribution in [0.25, 0.3) is 73.2 Å². The fraction of sp³-hybridized carbons (Fsp3) is 0.0263. The quantitative estimate of drug-likeness (QED) is 0.0221. The number of carbonyl (C=O) groups excluding carboxylic acids is 2. The maximum atomic E-state index is 10.1. The molecule has 2 aromatic carbocycles. The van der Waals surface area contributed by atoms with E-state index in [9.17, 15) is 9.59 Å². The molecule has 0 aliphatic carbocycles. The summed E-state index contributed by atoms with van der Waals surface area (Å²) in [5.41, 5.74) is 7.63. The SMILES string of the molecule is COc1ccc(-c2nc3c4cccnc4c4ncccc4c3[nH]2)cc1.N#C[S-].O=CO/C=C/c1ccnc(-c2cc(/C=C/OC=O)ccn2)c1.[N-]=C=S.[Ru+2]. The number of imidazole rings is 1. The van der Waals surface area contributed by atoms with Gasteiger partial charge in [0.2, 0.25) is 0 Å². The summed E-state index contributed by atoms with van der Waals surface area (Å²) >= 11 is 7.40. The largest absolute Gasteiger partial charge is 2.00 e. The molecular formula is C38H26N8O5RuS2. The van der Waals surface area contributed by atoms with E-state index in [1.807, 2.05) is 54.6 Å². The Balaban J connectivity index is 0.000000252. The number of nitrogens with zero attached hydrogens (tertiary/aromatic N) is 7. The van der Waals surface area contributed by atoms with Crippen molar-refractivity contribution in [1.82, 2.24) is 29.9 Å². The van der Waals surface area contributed by atoms with Gasteiger partial charge >= 0.3 is 19.5 Å². The first-order chi connectivity index (χ1) is 26.0. The van der Waals surface area contributed by atoms with Gasteiger partial charge in [-0.3, -0.25) is 29.5 Å². The van der Waals surface area contributed by atoms with Crippen LogP contribution in [-0.2, 0) is 51.2 Å². The molecule has 13 nitrogen and oxygen atoms in total. The van der Waals surface area contributed by atoms with Gasteiger partial charge in [0.15, 0.2) is 0 Å². The van der Waals surface area contributed by atoms with Crippen LogP contribution in [0.4, 0.5) is 0 Å². The van der Waals surface area contributed by atoms with E-state index < -0.39 is 0 Å². The maximum Gasteiger partial charge on any atom is 2.00 e. The molecule has 0 bridgehead atoms. The van der Waals surface area contributed by atoms with Crippen molar-refractivity contribution in [2.45, 2.75) is 0 Å². The summed E-state index contributed by atoms with van der Waals surface area (Å²) in [6, 6.07) is 23.0. The minimum atomic E-state index is 0. The van der Waals surface area contributed by atoms with Gasteiger partial charge < -0.3 is 37.2 Å². The molecule has 7 aromatic rings. The first-order valence-corrected chi connectivity index (χ1v) is 15.9. The molecule has 16 heteroatoms. The number of ether oxygens (including phenoxy) is 3. The number of rotatable bonds is 9. The molecule has 0 unspecified atom stereocenters. The molecule has 0 radical (unpaired) electrons. The number of pyridine rings is 4. The van der Waals surface area contributed by atoms with Crippen molar-refractivity contribution < 1.29 is 43.3 Å². The molecule has 5 aromatic heterocycles. The summed E-state index contributed by atoms with van der Waals surface area (Å²) in [7, 11) is 1.66. The molecule has 0 spiro atoms. The average molecular weight is 840 g/mol. The normalized spacial score (nSPS) is 9.93. The summed E-state index contributed by atoms with van der Waals surface area (Å²) < 4.78 is 14.2. The summed E-state index contributed by atoms with van der Waals surface area (Å²) in [6.45, 7) is 0.689. The van der Waals surface area contributed by atoms with Gasteiger partial charge in [0.25, 0.3) is 12.9 Å². The van der Waals surface area contributed by atoms with Crippen molar-refractivity contribution >= 4 is 87.9 Å². The van der Waals surface area contributed by atoms with E-state index >= 15 is 0 Å². The Morgan fingerprint density at radius 1 is 0.778 bits per heavy atom. The van der Waals surface area contributed by atoms with Crippen molar-refractivity contribution in [2.24, 2.45) is 0 Å². The van der Waals surface area contributed by atoms with Gasteiger partial charge in [-0.05, 0) is 96.1 Å². The zero-order valence-corrected chi connectivity index (χ0v) is 31.4. The minimum absolute atomic E-state index is 0. The Morgan fingerprint density at radius 2 is 1.28 bits per heavy atom. The number of H-pyrrole nitrogens is 1. The molecule has 54 heavy (non-hydrogen) atoms. The Hall–Kier alpha value is -6.62. The van der Waals surface area contributed by atoms with Crippen molar-refractivity contribution in [2.75, 3.05) is 7.11 Å². The molecule has 0 amide bonds. The van der Waals surface area contributed by atoms with Crippen LogP contribution in [-0.4, -0.2) is 55.1 Å². The van der Waals surface area contributed by atoms with Crippen LogP contribution in [0.2, 0.25) is 0 Å². The fourth-order valence-corrected chi connectivity index (χ4v) is 4.91. The molecule has 0 saturated carbocycles. The first-order valence-electron chi connectivity index (χ1n) is 15.1. The van der Waals surface area contributed by atoms with Crippen molar-refractivity contribution in [1.29, 1.82) is 5.26 Å². The van der Waals surface area contributed by atoms with E-state index in [0.717, 1.165) is 61.1 Å². The topological polar surface area (TPSA) is 188 Å². The van der Waals surface area contributed by atoms with Gasteiger partial charge in [-0.25, -0.2) is 10.2 Å². The number of isothiocyanates is 1. The van der Waals surface area contributed by atoms with Gasteiger partial charge in [-0.2, -0.15) is 5.16 Å². The summed E-state index contributed by atoms with van der Waals surface area (Å²) in [6.07, 6.45) is 12.7. The van der Waals surface area contributed by atoms with Gasteiger partial charge in [-0.15, -0.1) is 0 Å². The summed E-state index contributed by atoms with van der Waals surface area (Å²) in [5, 5.41) is 19.0. The zero-order valence-electron chi connectivity index (χ0n) is 28.0. The third kappa shape index (κ3) is 11.2. The number of aromatic amines is 1. The van der Waals surface area contributed by atoms with Gasteiger partial charge in [-0.1, -0.05) is 17.6 Å². The van der Waals surface area contributed by atoms with E-state index in [0.29, 0.717) is 24.3 Å². The standard InChI is InChI=1S/C20H14N4O.C16H12N2O4.CHNS.CNS.Ru/c1-25-13-8-6-12(7-9-13)20-23-18-14-4-2-10-21-16(14)17-15(19(18)24-20)5-3-11-22-17;19-11-21-7-3-13-1-5-17-15(9-13)16-10-14(2-6-18-16)4-8-22-12-20;2*2-1-3;/h2-11H,1H3,(H,23,24);1-12H;3H;;/q;;;-1;+2/p-1/b;7-3+,8-4+;;;. The molecule has 0 aliphatic rings. The number of thiocyanates is 1. The van der Waals surface area contributed by atoms with E-state index in [1.165, 1.54) is 23.1 Å². The zero-order chi connectivity index (χ0) is 37.8. The molecule has 7 rings (SSSR count). The van der Waals surface area contributed by atoms with Crippen LogP contribution in [0.1, 0.15) is 11.1 Å². The van der Waals surface area contributed by atoms with Crippen LogP contribution in [0.15, 0.2) is 110 Å². The van der Waals surface area contributed by atoms with Crippen LogP contribution in [0, 0.1) is 10.7 Å².